The number of nitrogens with one attached hydrogen (secondary N) is 2. The lowest BCUT2D eigenvalue weighted by Gasteiger charge is -2.29. The van der Waals surface area contributed by atoms with Crippen molar-refractivity contribution in [3.63, 3.8) is 0 Å². The van der Waals surface area contributed by atoms with Gasteiger partial charge in [0.05, 0.1) is 31.4 Å². The van der Waals surface area contributed by atoms with E-state index in [2.05, 4.69) is 15.6 Å². The summed E-state index contributed by atoms with van der Waals surface area (Å²) in [6.45, 7) is 3.64. The van der Waals surface area contributed by atoms with Crippen molar-refractivity contribution in [3.8, 4) is 17.0 Å². The summed E-state index contributed by atoms with van der Waals surface area (Å²) in [5.74, 6) is -2.51. The van der Waals surface area contributed by atoms with E-state index in [-0.39, 0.29) is 36.0 Å². The van der Waals surface area contributed by atoms with Gasteiger partial charge in [0.15, 0.2) is 0 Å². The fraction of sp³-hybridized carbons (Fsp3) is 0.423. The maximum Gasteiger partial charge on any atom is 0.339 e. The average molecular weight is 515 g/mol. The minimum atomic E-state index is -1.15. The van der Waals surface area contributed by atoms with E-state index in [0.717, 1.165) is 19.3 Å². The summed E-state index contributed by atoms with van der Waals surface area (Å²) >= 11 is 0. The van der Waals surface area contributed by atoms with Gasteiger partial charge in [-0.05, 0) is 43.2 Å². The lowest BCUT2D eigenvalue weighted by molar-refractivity contribution is -0.168. The Labute approximate surface area is 215 Å². The highest BCUT2D eigenvalue weighted by molar-refractivity contribution is 5.94. The average Bonchev–Trinajstić information content (AvgIpc) is 2.91. The van der Waals surface area contributed by atoms with Crippen LogP contribution in [0.1, 0.15) is 66.8 Å². The minimum absolute atomic E-state index is 0.0331. The van der Waals surface area contributed by atoms with Gasteiger partial charge in [0.2, 0.25) is 12.3 Å². The molecular formula is C26H34N4O7. The Balaban J connectivity index is 2.08. The molecule has 0 bridgehead atoms. The molecule has 11 heteroatoms. The molecule has 4 N–H and O–H groups in total. The zero-order valence-electron chi connectivity index (χ0n) is 21.3. The van der Waals surface area contributed by atoms with Crippen LogP contribution in [0.3, 0.4) is 0 Å². The molecule has 0 saturated carbocycles. The van der Waals surface area contributed by atoms with Gasteiger partial charge < -0.3 is 20.5 Å². The number of unbranched alkanes of at least 4 members (excludes halogenated alkanes) is 2. The summed E-state index contributed by atoms with van der Waals surface area (Å²) in [6, 6.07) is 8.65. The van der Waals surface area contributed by atoms with Crippen LogP contribution in [0.15, 0.2) is 36.4 Å². The Morgan fingerprint density at radius 3 is 2.51 bits per heavy atom. The van der Waals surface area contributed by atoms with Gasteiger partial charge in [-0.15, -0.1) is 0 Å². The van der Waals surface area contributed by atoms with Gasteiger partial charge in [0.1, 0.15) is 17.0 Å². The van der Waals surface area contributed by atoms with Gasteiger partial charge in [-0.2, -0.15) is 0 Å². The number of pyridine rings is 1. The molecule has 0 saturated heterocycles. The Hall–Kier alpha value is -3.99. The molecule has 200 valence electrons. The number of aromatic nitrogens is 1. The number of amides is 3. The predicted octanol–water partition coefficient (Wildman–Crippen LogP) is 3.08. The van der Waals surface area contributed by atoms with Gasteiger partial charge in [-0.3, -0.25) is 19.6 Å². The molecule has 11 nitrogen and oxygen atoms in total. The van der Waals surface area contributed by atoms with Crippen LogP contribution in [0.5, 0.6) is 5.75 Å². The second-order valence-electron chi connectivity index (χ2n) is 8.42. The maximum absolute atomic E-state index is 12.9. The summed E-state index contributed by atoms with van der Waals surface area (Å²) in [5, 5.41) is 25.1. The highest BCUT2D eigenvalue weighted by Crippen LogP contribution is 2.26. The van der Waals surface area contributed by atoms with Crippen molar-refractivity contribution in [1.29, 1.82) is 0 Å². The number of nitrogens with zero attached hydrogens (tertiary/aromatic N) is 2. The van der Waals surface area contributed by atoms with Gasteiger partial charge in [0.25, 0.3) is 5.91 Å². The number of carboxylic acids is 1. The smallest absolute Gasteiger partial charge is 0.339 e. The molecule has 1 aromatic heterocycles. The quantitative estimate of drug-likeness (QED) is 0.0928. The fourth-order valence-corrected chi connectivity index (χ4v) is 4.04. The van der Waals surface area contributed by atoms with Gasteiger partial charge in [0, 0.05) is 5.56 Å². The van der Waals surface area contributed by atoms with Crippen LogP contribution >= 0.6 is 0 Å². The van der Waals surface area contributed by atoms with E-state index in [1.54, 1.807) is 25.1 Å². The third-order valence-corrected chi connectivity index (χ3v) is 6.00. The van der Waals surface area contributed by atoms with Crippen LogP contribution in [0.2, 0.25) is 0 Å². The zero-order chi connectivity index (χ0) is 27.4. The third kappa shape index (κ3) is 8.01. The monoisotopic (exact) mass is 514 g/mol. The molecule has 1 heterocycles. The largest absolute Gasteiger partial charge is 0.496 e. The highest BCUT2D eigenvalue weighted by Gasteiger charge is 2.30. The van der Waals surface area contributed by atoms with Crippen molar-refractivity contribution in [2.75, 3.05) is 13.8 Å². The summed E-state index contributed by atoms with van der Waals surface area (Å²) in [4.78, 5) is 52.5. The van der Waals surface area contributed by atoms with Crippen LogP contribution in [0.4, 0.5) is 0 Å². The van der Waals surface area contributed by atoms with Crippen molar-refractivity contribution >= 4 is 24.2 Å². The van der Waals surface area contributed by atoms with E-state index < -0.39 is 23.8 Å². The number of carboxylic acid groups (broad SMARTS) is 1. The minimum Gasteiger partial charge on any atom is -0.496 e. The molecule has 2 atom stereocenters. The van der Waals surface area contributed by atoms with Crippen molar-refractivity contribution in [2.45, 2.75) is 52.0 Å². The Bertz CT molecular complexity index is 1090. The Morgan fingerprint density at radius 1 is 1.14 bits per heavy atom. The maximum atomic E-state index is 12.9. The van der Waals surface area contributed by atoms with Crippen LogP contribution in [-0.4, -0.2) is 64.4 Å². The normalized spacial score (nSPS) is 12.2. The van der Waals surface area contributed by atoms with Crippen molar-refractivity contribution < 1.29 is 34.2 Å². The molecular weight excluding hydrogens is 480 g/mol. The topological polar surface area (TPSA) is 158 Å². The number of carbonyl (C=O) groups excluding carboxylic acids is 3. The molecule has 37 heavy (non-hydrogen) atoms. The standard InChI is InChI=1S/C26H34N4O7/c1-4-6-7-9-18(22(5-2)30(36)16-31)24(32)27-15-28-25(33)21-11-8-10-20(29-21)17-12-13-23(37-3)19(14-17)26(34)35/h8,10-14,16,18,22,36H,4-7,9,15H2,1-3H3,(H,27,32)(H,28,33)(H,34,35)/t18-,22-/m1/s1. The predicted molar refractivity (Wildman–Crippen MR) is 135 cm³/mol. The molecule has 1 aromatic carbocycles. The first-order valence-electron chi connectivity index (χ1n) is 12.1. The van der Waals surface area contributed by atoms with Crippen LogP contribution in [0.25, 0.3) is 11.3 Å². The van der Waals surface area contributed by atoms with Gasteiger partial charge in [-0.25, -0.2) is 14.8 Å². The van der Waals surface area contributed by atoms with Crippen LogP contribution in [-0.2, 0) is 9.59 Å². The first-order chi connectivity index (χ1) is 17.8. The number of carbonyl (C=O) groups is 4. The first-order valence-corrected chi connectivity index (χ1v) is 12.1. The number of rotatable bonds is 15. The van der Waals surface area contributed by atoms with E-state index >= 15 is 0 Å². The van der Waals surface area contributed by atoms with Gasteiger partial charge >= 0.3 is 5.97 Å². The van der Waals surface area contributed by atoms with Crippen molar-refractivity contribution in [1.82, 2.24) is 20.7 Å². The number of hydrogen-bond acceptors (Lipinski definition) is 7. The van der Waals surface area contributed by atoms with E-state index in [1.807, 2.05) is 6.92 Å². The molecule has 0 aliphatic carbocycles. The van der Waals surface area contributed by atoms with E-state index in [0.29, 0.717) is 29.2 Å². The number of ether oxygens (including phenoxy) is 1. The molecule has 0 aliphatic heterocycles. The summed E-state index contributed by atoms with van der Waals surface area (Å²) in [5.41, 5.74) is 0.924. The van der Waals surface area contributed by atoms with E-state index in [1.165, 1.54) is 25.3 Å². The SMILES string of the molecule is CCCCC[C@@H](C(=O)NCNC(=O)c1cccc(-c2ccc(OC)c(C(=O)O)c2)n1)[C@@H](CC)N(O)C=O. The van der Waals surface area contributed by atoms with Crippen molar-refractivity contribution in [2.24, 2.45) is 5.92 Å². The Morgan fingerprint density at radius 2 is 1.89 bits per heavy atom. The Kier molecular flexibility index (Phi) is 11.5. The molecule has 0 radical (unpaired) electrons. The van der Waals surface area contributed by atoms with Gasteiger partial charge in [-0.1, -0.05) is 39.2 Å². The summed E-state index contributed by atoms with van der Waals surface area (Å²) < 4.78 is 5.07. The lowest BCUT2D eigenvalue weighted by Crippen LogP contribution is -2.47. The zero-order valence-corrected chi connectivity index (χ0v) is 21.3. The molecule has 0 spiro atoms. The summed E-state index contributed by atoms with van der Waals surface area (Å²) in [7, 11) is 1.38. The molecule has 3 amide bonds. The number of aromatic carboxylic acids is 1. The number of methoxy groups -OCH3 is 1. The number of hydrogen-bond donors (Lipinski definition) is 4. The fourth-order valence-electron chi connectivity index (χ4n) is 4.04. The lowest BCUT2D eigenvalue weighted by atomic mass is 9.90. The van der Waals surface area contributed by atoms with Crippen molar-refractivity contribution in [3.05, 3.63) is 47.7 Å². The van der Waals surface area contributed by atoms with Crippen LogP contribution < -0.4 is 15.4 Å². The number of hydroxylamine groups is 2. The molecule has 0 unspecified atom stereocenters. The molecule has 2 aromatic rings. The highest BCUT2D eigenvalue weighted by atomic mass is 16.5. The third-order valence-electron chi connectivity index (χ3n) is 6.00. The summed E-state index contributed by atoms with van der Waals surface area (Å²) in [6.07, 6.45) is 3.79. The van der Waals surface area contributed by atoms with E-state index in [9.17, 15) is 29.5 Å². The molecule has 2 rings (SSSR count). The number of benzene rings is 1. The molecule has 0 aliphatic rings. The second-order valence-corrected chi connectivity index (χ2v) is 8.42. The van der Waals surface area contributed by atoms with Crippen LogP contribution in [0, 0.1) is 5.92 Å². The second kappa shape index (κ2) is 14.5. The first kappa shape index (κ1) is 29.2. The molecule has 0 fully saturated rings. The van der Waals surface area contributed by atoms with E-state index in [4.69, 9.17) is 4.74 Å².